The summed E-state index contributed by atoms with van der Waals surface area (Å²) in [5.74, 6) is -1.18. The van der Waals surface area contributed by atoms with Crippen LogP contribution in [0.15, 0.2) is 35.5 Å². The molecular weight excluding hydrogens is 248 g/mol. The van der Waals surface area contributed by atoms with Gasteiger partial charge in [0.15, 0.2) is 0 Å². The Hall–Kier alpha value is -2.88. The lowest BCUT2D eigenvalue weighted by atomic mass is 10.3. The molecule has 0 aliphatic rings. The minimum absolute atomic E-state index is 0.266. The minimum atomic E-state index is -0.771. The second kappa shape index (κ2) is 7.45. The number of nitrogens with zero attached hydrogens (tertiary/aromatic N) is 2. The molecule has 0 aromatic heterocycles. The quantitative estimate of drug-likeness (QED) is 0.585. The van der Waals surface area contributed by atoms with Gasteiger partial charge in [-0.3, -0.25) is 9.59 Å². The summed E-state index contributed by atoms with van der Waals surface area (Å²) in [6.07, 6.45) is 0. The average Bonchev–Trinajstić information content (AvgIpc) is 2.43. The Bertz CT molecular complexity index is 520. The molecule has 0 bridgehead atoms. The molecule has 1 aromatic rings. The topological polar surface area (TPSA) is 104 Å². The van der Waals surface area contributed by atoms with Gasteiger partial charge in [-0.05, 0) is 12.1 Å². The summed E-state index contributed by atoms with van der Waals surface area (Å²) in [6.45, 7) is -0.266. The summed E-state index contributed by atoms with van der Waals surface area (Å²) in [6, 6.07) is 10.3. The first-order valence-electron chi connectivity index (χ1n) is 5.31. The molecule has 0 aliphatic carbocycles. The van der Waals surface area contributed by atoms with Gasteiger partial charge >= 0.3 is 0 Å². The summed E-state index contributed by atoms with van der Waals surface area (Å²) in [5, 5.41) is 16.7. The molecule has 2 N–H and O–H groups in total. The van der Waals surface area contributed by atoms with Crippen molar-refractivity contribution < 1.29 is 14.4 Å². The van der Waals surface area contributed by atoms with Crippen LogP contribution in [0.4, 0.5) is 5.69 Å². The first-order valence-corrected chi connectivity index (χ1v) is 5.31. The molecule has 0 atom stereocenters. The van der Waals surface area contributed by atoms with Crippen molar-refractivity contribution in [2.24, 2.45) is 5.16 Å². The van der Waals surface area contributed by atoms with E-state index >= 15 is 0 Å². The van der Waals surface area contributed by atoms with Gasteiger partial charge in [-0.1, -0.05) is 23.4 Å². The van der Waals surface area contributed by atoms with Crippen molar-refractivity contribution in [3.8, 4) is 6.07 Å². The Morgan fingerprint density at radius 3 is 2.63 bits per heavy atom. The number of para-hydroxylation sites is 1. The van der Waals surface area contributed by atoms with Crippen LogP contribution in [-0.4, -0.2) is 31.2 Å². The molecule has 98 valence electrons. The molecular formula is C12H12N4O3. The third-order valence-corrected chi connectivity index (χ3v) is 1.97. The van der Waals surface area contributed by atoms with Crippen molar-refractivity contribution in [3.05, 3.63) is 30.3 Å². The standard InChI is InChI=1S/C12H12N4O3/c1-19-16-10(7-13)12(18)14-8-11(17)15-9-5-3-2-4-6-9/h2-6H,8H2,1H3,(H,14,18)(H,15,17). The van der Waals surface area contributed by atoms with E-state index < -0.39 is 17.5 Å². The van der Waals surface area contributed by atoms with E-state index in [1.165, 1.54) is 7.11 Å². The van der Waals surface area contributed by atoms with Crippen molar-refractivity contribution >= 4 is 23.2 Å². The SMILES string of the molecule is CON=C(C#N)C(=O)NCC(=O)Nc1ccccc1. The number of amides is 2. The Balaban J connectivity index is 2.45. The van der Waals surface area contributed by atoms with Crippen molar-refractivity contribution in [1.29, 1.82) is 5.26 Å². The highest BCUT2D eigenvalue weighted by Gasteiger charge is 2.12. The van der Waals surface area contributed by atoms with Crippen LogP contribution in [0.5, 0.6) is 0 Å². The van der Waals surface area contributed by atoms with E-state index in [9.17, 15) is 9.59 Å². The van der Waals surface area contributed by atoms with Crippen LogP contribution >= 0.6 is 0 Å². The molecule has 7 nitrogen and oxygen atoms in total. The zero-order valence-electron chi connectivity index (χ0n) is 10.2. The summed E-state index contributed by atoms with van der Waals surface area (Å²) in [4.78, 5) is 27.2. The van der Waals surface area contributed by atoms with E-state index in [1.807, 2.05) is 6.07 Å². The monoisotopic (exact) mass is 260 g/mol. The van der Waals surface area contributed by atoms with Gasteiger partial charge in [0.05, 0.1) is 6.54 Å². The summed E-state index contributed by atoms with van der Waals surface area (Å²) >= 11 is 0. The van der Waals surface area contributed by atoms with Crippen LogP contribution in [-0.2, 0) is 14.4 Å². The molecule has 0 radical (unpaired) electrons. The number of rotatable bonds is 5. The van der Waals surface area contributed by atoms with Gasteiger partial charge in [0.2, 0.25) is 11.6 Å². The Morgan fingerprint density at radius 1 is 1.37 bits per heavy atom. The van der Waals surface area contributed by atoms with Gasteiger partial charge in [-0.2, -0.15) is 5.26 Å². The Morgan fingerprint density at radius 2 is 2.05 bits per heavy atom. The number of nitriles is 1. The van der Waals surface area contributed by atoms with Crippen molar-refractivity contribution in [2.45, 2.75) is 0 Å². The number of hydrogen-bond acceptors (Lipinski definition) is 5. The number of oxime groups is 1. The van der Waals surface area contributed by atoms with Gasteiger partial charge < -0.3 is 15.5 Å². The highest BCUT2D eigenvalue weighted by Crippen LogP contribution is 2.03. The molecule has 0 heterocycles. The number of carbonyl (C=O) groups excluding carboxylic acids is 2. The maximum atomic E-state index is 11.5. The van der Waals surface area contributed by atoms with Gasteiger partial charge in [-0.25, -0.2) is 0 Å². The third-order valence-electron chi connectivity index (χ3n) is 1.97. The minimum Gasteiger partial charge on any atom is -0.398 e. The third kappa shape index (κ3) is 4.87. The molecule has 0 saturated carbocycles. The number of nitrogens with one attached hydrogen (secondary N) is 2. The smallest absolute Gasteiger partial charge is 0.284 e. The summed E-state index contributed by atoms with van der Waals surface area (Å²) in [5.41, 5.74) is 0.169. The largest absolute Gasteiger partial charge is 0.398 e. The highest BCUT2D eigenvalue weighted by atomic mass is 16.6. The van der Waals surface area contributed by atoms with Gasteiger partial charge in [0, 0.05) is 5.69 Å². The van der Waals surface area contributed by atoms with E-state index in [4.69, 9.17) is 5.26 Å². The summed E-state index contributed by atoms with van der Waals surface area (Å²) < 4.78 is 0. The van der Waals surface area contributed by atoms with Crippen molar-refractivity contribution in [1.82, 2.24) is 5.32 Å². The average molecular weight is 260 g/mol. The molecule has 0 saturated heterocycles. The molecule has 0 fully saturated rings. The van der Waals surface area contributed by atoms with Crippen LogP contribution in [0.25, 0.3) is 0 Å². The van der Waals surface area contributed by atoms with Crippen molar-refractivity contribution in [3.63, 3.8) is 0 Å². The van der Waals surface area contributed by atoms with E-state index in [-0.39, 0.29) is 6.54 Å². The fraction of sp³-hybridized carbons (Fsp3) is 0.167. The molecule has 1 rings (SSSR count). The number of benzene rings is 1. The van der Waals surface area contributed by atoms with Crippen LogP contribution in [0.3, 0.4) is 0 Å². The van der Waals surface area contributed by atoms with Crippen LogP contribution in [0.1, 0.15) is 0 Å². The van der Waals surface area contributed by atoms with Gasteiger partial charge in [0.25, 0.3) is 5.91 Å². The van der Waals surface area contributed by atoms with Gasteiger partial charge in [-0.15, -0.1) is 0 Å². The van der Waals surface area contributed by atoms with Gasteiger partial charge in [0.1, 0.15) is 13.2 Å². The molecule has 0 spiro atoms. The van der Waals surface area contributed by atoms with Crippen molar-refractivity contribution in [2.75, 3.05) is 19.0 Å². The number of anilines is 1. The summed E-state index contributed by atoms with van der Waals surface area (Å²) in [7, 11) is 1.22. The van der Waals surface area contributed by atoms with E-state index in [2.05, 4.69) is 20.6 Å². The normalized spacial score (nSPS) is 10.2. The number of hydrogen-bond donors (Lipinski definition) is 2. The first-order chi connectivity index (χ1) is 9.17. The Kier molecular flexibility index (Phi) is 5.56. The second-order valence-corrected chi connectivity index (χ2v) is 3.33. The van der Waals surface area contributed by atoms with Crippen LogP contribution in [0.2, 0.25) is 0 Å². The zero-order valence-corrected chi connectivity index (χ0v) is 10.2. The Labute approximate surface area is 109 Å². The van der Waals surface area contributed by atoms with Crippen LogP contribution < -0.4 is 10.6 Å². The molecule has 0 aliphatic heterocycles. The second-order valence-electron chi connectivity index (χ2n) is 3.33. The maximum absolute atomic E-state index is 11.5. The lowest BCUT2D eigenvalue weighted by Gasteiger charge is -2.05. The predicted octanol–water partition coefficient (Wildman–Crippen LogP) is 0.267. The highest BCUT2D eigenvalue weighted by molar-refractivity contribution is 6.45. The number of carbonyl (C=O) groups is 2. The fourth-order valence-corrected chi connectivity index (χ4v) is 1.17. The first kappa shape index (κ1) is 14.2. The van der Waals surface area contributed by atoms with E-state index in [0.717, 1.165) is 0 Å². The zero-order chi connectivity index (χ0) is 14.1. The van der Waals surface area contributed by atoms with Crippen LogP contribution in [0, 0.1) is 11.3 Å². The van der Waals surface area contributed by atoms with E-state index in [0.29, 0.717) is 5.69 Å². The molecule has 0 unspecified atom stereocenters. The lowest BCUT2D eigenvalue weighted by molar-refractivity contribution is -0.120. The maximum Gasteiger partial charge on any atom is 0.284 e. The lowest BCUT2D eigenvalue weighted by Crippen LogP contribution is -2.36. The molecule has 19 heavy (non-hydrogen) atoms. The van der Waals surface area contributed by atoms with E-state index in [1.54, 1.807) is 30.3 Å². The molecule has 2 amide bonds. The predicted molar refractivity (Wildman–Crippen MR) is 68.1 cm³/mol. The molecule has 7 heteroatoms. The fourth-order valence-electron chi connectivity index (χ4n) is 1.17. The molecule has 1 aromatic carbocycles.